The molecule has 0 aliphatic heterocycles. The Bertz CT molecular complexity index is 567. The molecule has 0 radical (unpaired) electrons. The molecule has 0 aromatic heterocycles. The SMILES string of the molecule is CCCCCCCCCCC(=O)OS(=O)(=O)c1ccc(N)cc1. The van der Waals surface area contributed by atoms with Gasteiger partial charge < -0.3 is 9.92 Å². The fraction of sp³-hybridized carbons (Fsp3) is 0.588. The van der Waals surface area contributed by atoms with E-state index in [1.165, 1.54) is 56.4 Å². The molecule has 0 heterocycles. The van der Waals surface area contributed by atoms with Gasteiger partial charge in [-0.25, -0.2) is 0 Å². The van der Waals surface area contributed by atoms with Gasteiger partial charge in [0.25, 0.3) is 0 Å². The van der Waals surface area contributed by atoms with Gasteiger partial charge in [0.1, 0.15) is 4.90 Å². The van der Waals surface area contributed by atoms with Crippen LogP contribution in [0.3, 0.4) is 0 Å². The molecule has 0 aliphatic rings. The minimum absolute atomic E-state index is 0.0593. The number of nitrogen functional groups attached to an aromatic ring is 1. The van der Waals surface area contributed by atoms with Crippen molar-refractivity contribution < 1.29 is 17.4 Å². The second-order valence-corrected chi connectivity index (χ2v) is 7.25. The molecule has 1 aromatic rings. The van der Waals surface area contributed by atoms with Crippen LogP contribution < -0.4 is 5.73 Å². The van der Waals surface area contributed by atoms with Gasteiger partial charge in [-0.1, -0.05) is 51.9 Å². The minimum atomic E-state index is -4.04. The lowest BCUT2D eigenvalue weighted by atomic mass is 10.1. The average Bonchev–Trinajstić information content (AvgIpc) is 2.50. The third-order valence-corrected chi connectivity index (χ3v) is 4.86. The Hall–Kier alpha value is -1.56. The normalized spacial score (nSPS) is 11.3. The Balaban J connectivity index is 2.24. The van der Waals surface area contributed by atoms with Crippen molar-refractivity contribution in [3.8, 4) is 0 Å². The number of hydrogen-bond donors (Lipinski definition) is 1. The van der Waals surface area contributed by atoms with Crippen LogP contribution in [0.25, 0.3) is 0 Å². The fourth-order valence-corrected chi connectivity index (χ4v) is 3.14. The Kier molecular flexibility index (Phi) is 8.69. The largest absolute Gasteiger partial charge is 0.399 e. The molecular weight excluding hydrogens is 314 g/mol. The van der Waals surface area contributed by atoms with Crippen LogP contribution in [0.4, 0.5) is 5.69 Å². The highest BCUT2D eigenvalue weighted by Gasteiger charge is 2.19. The van der Waals surface area contributed by atoms with E-state index in [0.717, 1.165) is 12.8 Å². The summed E-state index contributed by atoms with van der Waals surface area (Å²) in [6.45, 7) is 2.18. The monoisotopic (exact) mass is 341 g/mol. The molecular formula is C17H27NO4S. The maximum Gasteiger partial charge on any atom is 0.341 e. The number of carbonyl (C=O) groups excluding carboxylic acids is 1. The van der Waals surface area contributed by atoms with Crippen LogP contribution in [0, 0.1) is 0 Å². The van der Waals surface area contributed by atoms with Gasteiger partial charge in [0.2, 0.25) is 0 Å². The molecule has 1 aromatic carbocycles. The zero-order chi connectivity index (χ0) is 17.1. The van der Waals surface area contributed by atoms with E-state index in [1.807, 2.05) is 0 Å². The van der Waals surface area contributed by atoms with E-state index < -0.39 is 16.1 Å². The summed E-state index contributed by atoms with van der Waals surface area (Å²) < 4.78 is 28.4. The molecule has 0 amide bonds. The number of carbonyl (C=O) groups is 1. The molecule has 0 unspecified atom stereocenters. The third kappa shape index (κ3) is 8.02. The maximum atomic E-state index is 11.9. The van der Waals surface area contributed by atoms with Crippen molar-refractivity contribution >= 4 is 21.8 Å². The van der Waals surface area contributed by atoms with Crippen LogP contribution in [0.5, 0.6) is 0 Å². The van der Waals surface area contributed by atoms with E-state index in [4.69, 9.17) is 5.73 Å². The first-order chi connectivity index (χ1) is 11.0. The number of hydrogen-bond acceptors (Lipinski definition) is 5. The van der Waals surface area contributed by atoms with E-state index in [0.29, 0.717) is 12.1 Å². The zero-order valence-electron chi connectivity index (χ0n) is 13.8. The van der Waals surface area contributed by atoms with Gasteiger partial charge in [-0.2, -0.15) is 8.42 Å². The van der Waals surface area contributed by atoms with Crippen molar-refractivity contribution in [1.82, 2.24) is 0 Å². The van der Waals surface area contributed by atoms with Crippen LogP contribution in [0.2, 0.25) is 0 Å². The molecule has 6 heteroatoms. The summed E-state index contributed by atoms with van der Waals surface area (Å²) in [5.41, 5.74) is 5.95. The lowest BCUT2D eigenvalue weighted by Crippen LogP contribution is -2.13. The standard InChI is InChI=1S/C17H27NO4S/c1-2-3-4-5-6-7-8-9-10-17(19)22-23(20,21)16-13-11-15(18)12-14-16/h11-14H,2-10,18H2,1H3. The Morgan fingerprint density at radius 2 is 1.48 bits per heavy atom. The number of benzene rings is 1. The van der Waals surface area contributed by atoms with Crippen molar-refractivity contribution in [2.24, 2.45) is 0 Å². The predicted octanol–water partition coefficient (Wildman–Crippen LogP) is 4.03. The van der Waals surface area contributed by atoms with Crippen LogP contribution in [-0.2, 0) is 19.1 Å². The Morgan fingerprint density at radius 1 is 0.957 bits per heavy atom. The van der Waals surface area contributed by atoms with Crippen LogP contribution in [-0.4, -0.2) is 14.4 Å². The highest BCUT2D eigenvalue weighted by Crippen LogP contribution is 2.16. The second kappa shape index (κ2) is 10.3. The third-order valence-electron chi connectivity index (χ3n) is 3.61. The van der Waals surface area contributed by atoms with Gasteiger partial charge >= 0.3 is 16.1 Å². The summed E-state index contributed by atoms with van der Waals surface area (Å²) in [4.78, 5) is 11.6. The number of rotatable bonds is 11. The maximum absolute atomic E-state index is 11.9. The summed E-state index contributed by atoms with van der Waals surface area (Å²) in [5, 5.41) is 0. The Labute approximate surface area is 139 Å². The number of anilines is 1. The lowest BCUT2D eigenvalue weighted by molar-refractivity contribution is -0.133. The lowest BCUT2D eigenvalue weighted by Gasteiger charge is -2.06. The number of unbranched alkanes of at least 4 members (excludes halogenated alkanes) is 7. The van der Waals surface area contributed by atoms with Crippen LogP contribution >= 0.6 is 0 Å². The van der Waals surface area contributed by atoms with Gasteiger partial charge in [0.15, 0.2) is 0 Å². The van der Waals surface area contributed by atoms with E-state index >= 15 is 0 Å². The first-order valence-corrected chi connectivity index (χ1v) is 9.69. The van der Waals surface area contributed by atoms with Gasteiger partial charge in [-0.3, -0.25) is 4.79 Å². The summed E-state index contributed by atoms with van der Waals surface area (Å²) >= 11 is 0. The molecule has 0 aliphatic carbocycles. The number of nitrogens with two attached hydrogens (primary N) is 1. The molecule has 0 fully saturated rings. The summed E-state index contributed by atoms with van der Waals surface area (Å²) in [5.74, 6) is -0.701. The molecule has 23 heavy (non-hydrogen) atoms. The molecule has 0 saturated heterocycles. The Morgan fingerprint density at radius 3 is 2.04 bits per heavy atom. The highest BCUT2D eigenvalue weighted by molar-refractivity contribution is 7.87. The zero-order valence-corrected chi connectivity index (χ0v) is 14.6. The van der Waals surface area contributed by atoms with E-state index in [2.05, 4.69) is 11.1 Å². The molecule has 0 bridgehead atoms. The summed E-state index contributed by atoms with van der Waals surface area (Å²) in [7, 11) is -4.04. The first kappa shape index (κ1) is 19.5. The molecule has 1 rings (SSSR count). The van der Waals surface area contributed by atoms with E-state index in [1.54, 1.807) is 0 Å². The van der Waals surface area contributed by atoms with E-state index in [9.17, 15) is 13.2 Å². The van der Waals surface area contributed by atoms with Crippen molar-refractivity contribution in [1.29, 1.82) is 0 Å². The molecule has 2 N–H and O–H groups in total. The van der Waals surface area contributed by atoms with Crippen molar-refractivity contribution in [3.05, 3.63) is 24.3 Å². The van der Waals surface area contributed by atoms with Gasteiger partial charge in [-0.15, -0.1) is 0 Å². The van der Waals surface area contributed by atoms with Crippen molar-refractivity contribution in [2.75, 3.05) is 5.73 Å². The molecule has 0 saturated carbocycles. The summed E-state index contributed by atoms with van der Waals surface area (Å²) in [6, 6.07) is 5.57. The van der Waals surface area contributed by atoms with E-state index in [-0.39, 0.29) is 11.3 Å². The van der Waals surface area contributed by atoms with Gasteiger partial charge in [-0.05, 0) is 30.7 Å². The van der Waals surface area contributed by atoms with Crippen LogP contribution in [0.1, 0.15) is 64.7 Å². The highest BCUT2D eigenvalue weighted by atomic mass is 32.2. The van der Waals surface area contributed by atoms with Crippen molar-refractivity contribution in [3.63, 3.8) is 0 Å². The van der Waals surface area contributed by atoms with Crippen LogP contribution in [0.15, 0.2) is 29.2 Å². The average molecular weight is 341 g/mol. The molecule has 0 atom stereocenters. The first-order valence-electron chi connectivity index (χ1n) is 8.28. The fourth-order valence-electron chi connectivity index (χ4n) is 2.25. The van der Waals surface area contributed by atoms with Gasteiger partial charge in [0, 0.05) is 12.1 Å². The molecule has 130 valence electrons. The second-order valence-electron chi connectivity index (χ2n) is 5.70. The predicted molar refractivity (Wildman–Crippen MR) is 91.4 cm³/mol. The minimum Gasteiger partial charge on any atom is -0.399 e. The quantitative estimate of drug-likeness (QED) is 0.373. The molecule has 0 spiro atoms. The van der Waals surface area contributed by atoms with Crippen molar-refractivity contribution in [2.45, 2.75) is 69.6 Å². The molecule has 5 nitrogen and oxygen atoms in total. The topological polar surface area (TPSA) is 86.5 Å². The van der Waals surface area contributed by atoms with Gasteiger partial charge in [0.05, 0.1) is 0 Å². The smallest absolute Gasteiger partial charge is 0.341 e. The summed E-state index contributed by atoms with van der Waals surface area (Å²) in [6.07, 6.45) is 8.93.